The highest BCUT2D eigenvalue weighted by molar-refractivity contribution is 7.89. The van der Waals surface area contributed by atoms with E-state index >= 15 is 4.39 Å². The van der Waals surface area contributed by atoms with Gasteiger partial charge in [0, 0.05) is 28.4 Å². The minimum Gasteiger partial charge on any atom is -0.324 e. The van der Waals surface area contributed by atoms with Gasteiger partial charge in [-0.15, -0.1) is 11.3 Å². The summed E-state index contributed by atoms with van der Waals surface area (Å²) in [6.45, 7) is 9.88. The lowest BCUT2D eigenvalue weighted by Gasteiger charge is -2.23. The van der Waals surface area contributed by atoms with Gasteiger partial charge >= 0.3 is 0 Å². The molecule has 5 rings (SSSR count). The van der Waals surface area contributed by atoms with E-state index in [1.54, 1.807) is 31.3 Å². The highest BCUT2D eigenvalue weighted by atomic mass is 32.2. The Morgan fingerprint density at radius 1 is 1.10 bits per heavy atom. The average Bonchev–Trinajstić information content (AvgIpc) is 3.41. The Morgan fingerprint density at radius 3 is 2.45 bits per heavy atom. The van der Waals surface area contributed by atoms with Crippen LogP contribution in [0.15, 0.2) is 54.7 Å². The molecule has 0 radical (unpaired) electrons. The molecule has 2 aromatic heterocycles. The van der Waals surface area contributed by atoms with E-state index in [4.69, 9.17) is 15.1 Å². The Labute approximate surface area is 251 Å². The molecule has 4 aromatic rings. The summed E-state index contributed by atoms with van der Waals surface area (Å²) in [5.74, 6) is 0.331. The van der Waals surface area contributed by atoms with Gasteiger partial charge in [-0.2, -0.15) is 0 Å². The molecule has 1 aliphatic heterocycles. The first-order valence-electron chi connectivity index (χ1n) is 14.2. The van der Waals surface area contributed by atoms with Crippen LogP contribution in [0.25, 0.3) is 21.8 Å². The summed E-state index contributed by atoms with van der Waals surface area (Å²) in [5, 5.41) is 11.8. The quantitative estimate of drug-likeness (QED) is 0.205. The van der Waals surface area contributed by atoms with Gasteiger partial charge in [0.1, 0.15) is 11.1 Å². The fourth-order valence-corrected chi connectivity index (χ4v) is 7.38. The second-order valence-electron chi connectivity index (χ2n) is 11.7. The van der Waals surface area contributed by atoms with Crippen LogP contribution in [0.2, 0.25) is 0 Å². The van der Waals surface area contributed by atoms with E-state index < -0.39 is 21.1 Å². The van der Waals surface area contributed by atoms with Gasteiger partial charge in [0.05, 0.1) is 21.3 Å². The van der Waals surface area contributed by atoms with Crippen molar-refractivity contribution in [2.75, 3.05) is 18.4 Å². The molecular formula is C31H37FN6O2S2. The van der Waals surface area contributed by atoms with Crippen molar-refractivity contribution in [3.05, 3.63) is 76.7 Å². The van der Waals surface area contributed by atoms with Crippen LogP contribution >= 0.6 is 11.3 Å². The average molecular weight is 609 g/mol. The maximum absolute atomic E-state index is 16.1. The van der Waals surface area contributed by atoms with Crippen molar-refractivity contribution in [3.63, 3.8) is 0 Å². The molecule has 1 aliphatic rings. The molecule has 1 fully saturated rings. The van der Waals surface area contributed by atoms with Crippen LogP contribution < -0.4 is 15.8 Å². The summed E-state index contributed by atoms with van der Waals surface area (Å²) in [6, 6.07) is 14.9. The molecule has 1 saturated heterocycles. The van der Waals surface area contributed by atoms with E-state index in [2.05, 4.69) is 27.8 Å². The summed E-state index contributed by atoms with van der Waals surface area (Å²) in [5.41, 5.74) is 3.14. The third-order valence-corrected chi connectivity index (χ3v) is 10.4. The standard InChI is InChI=1S/C31H37FN6O2S2/c1-5-25(42(33,39)40)22-7-6-8-23(26(22)32)27-28(41-29(38-27)31(2,3)4)24-15-18-35-30(37-24)36-21-11-9-19(10-12-21)20-13-16-34-17-14-20/h6-12,15,18,20,25,34H,5,13-14,16-17H2,1-4H3,(H2,33,39,40)(H,35,36,37). The molecule has 0 aliphatic carbocycles. The second kappa shape index (κ2) is 12.2. The van der Waals surface area contributed by atoms with Crippen molar-refractivity contribution in [2.24, 2.45) is 5.14 Å². The number of anilines is 2. The highest BCUT2D eigenvalue weighted by Crippen LogP contribution is 2.42. The normalized spacial score (nSPS) is 15.5. The van der Waals surface area contributed by atoms with Crippen molar-refractivity contribution in [1.29, 1.82) is 0 Å². The van der Waals surface area contributed by atoms with Crippen LogP contribution in [0.3, 0.4) is 0 Å². The molecule has 1 unspecified atom stereocenters. The van der Waals surface area contributed by atoms with Crippen molar-refractivity contribution < 1.29 is 12.8 Å². The first-order valence-corrected chi connectivity index (χ1v) is 16.6. The van der Waals surface area contributed by atoms with Crippen LogP contribution in [0.1, 0.15) is 74.3 Å². The number of rotatable bonds is 8. The molecule has 2 aromatic carbocycles. The van der Waals surface area contributed by atoms with Crippen molar-refractivity contribution >= 4 is 33.0 Å². The highest BCUT2D eigenvalue weighted by Gasteiger charge is 2.29. The summed E-state index contributed by atoms with van der Waals surface area (Å²) in [6.07, 6.45) is 4.08. The zero-order valence-electron chi connectivity index (χ0n) is 24.3. The number of benzene rings is 2. The van der Waals surface area contributed by atoms with E-state index in [0.717, 1.165) is 36.6 Å². The lowest BCUT2D eigenvalue weighted by atomic mass is 9.90. The van der Waals surface area contributed by atoms with Crippen LogP contribution in [0.4, 0.5) is 16.0 Å². The summed E-state index contributed by atoms with van der Waals surface area (Å²) in [4.78, 5) is 14.7. The molecule has 222 valence electrons. The summed E-state index contributed by atoms with van der Waals surface area (Å²) >= 11 is 1.44. The first kappa shape index (κ1) is 30.2. The van der Waals surface area contributed by atoms with E-state index in [1.165, 1.54) is 23.0 Å². The predicted octanol–water partition coefficient (Wildman–Crippen LogP) is 6.65. The van der Waals surface area contributed by atoms with E-state index in [0.29, 0.717) is 28.1 Å². The molecule has 0 spiro atoms. The summed E-state index contributed by atoms with van der Waals surface area (Å²) in [7, 11) is -4.00. The zero-order valence-corrected chi connectivity index (χ0v) is 25.9. The number of thiazole rings is 1. The van der Waals surface area contributed by atoms with Crippen LogP contribution in [0, 0.1) is 5.82 Å². The number of sulfonamides is 1. The molecule has 3 heterocycles. The van der Waals surface area contributed by atoms with Crippen molar-refractivity contribution in [1.82, 2.24) is 20.3 Å². The number of halogens is 1. The minimum atomic E-state index is -4.00. The van der Waals surface area contributed by atoms with Crippen LogP contribution in [0.5, 0.6) is 0 Å². The molecule has 0 bridgehead atoms. The minimum absolute atomic E-state index is 0.0340. The Morgan fingerprint density at radius 2 is 1.81 bits per heavy atom. The monoisotopic (exact) mass is 608 g/mol. The molecule has 8 nitrogen and oxygen atoms in total. The zero-order chi connectivity index (χ0) is 30.1. The van der Waals surface area contributed by atoms with E-state index in [9.17, 15) is 8.42 Å². The van der Waals surface area contributed by atoms with Gasteiger partial charge in [0.2, 0.25) is 16.0 Å². The number of nitrogens with one attached hydrogen (secondary N) is 2. The third-order valence-electron chi connectivity index (χ3n) is 7.53. The number of piperidine rings is 1. The Hall–Kier alpha value is -3.25. The number of nitrogens with zero attached hydrogens (tertiary/aromatic N) is 3. The molecule has 0 saturated carbocycles. The maximum Gasteiger partial charge on any atom is 0.227 e. The number of hydrogen-bond donors (Lipinski definition) is 3. The van der Waals surface area contributed by atoms with Gasteiger partial charge in [-0.1, -0.05) is 52.0 Å². The van der Waals surface area contributed by atoms with E-state index in [1.807, 2.05) is 32.9 Å². The van der Waals surface area contributed by atoms with Crippen LogP contribution in [-0.2, 0) is 15.4 Å². The molecule has 1 atom stereocenters. The molecule has 0 amide bonds. The lowest BCUT2D eigenvalue weighted by molar-refractivity contribution is 0.460. The Bertz CT molecular complexity index is 1660. The van der Waals surface area contributed by atoms with Crippen LogP contribution in [-0.4, -0.2) is 36.5 Å². The van der Waals surface area contributed by atoms with Gasteiger partial charge < -0.3 is 10.6 Å². The van der Waals surface area contributed by atoms with E-state index in [-0.39, 0.29) is 23.0 Å². The maximum atomic E-state index is 16.1. The fourth-order valence-electron chi connectivity index (χ4n) is 5.28. The molecule has 11 heteroatoms. The smallest absolute Gasteiger partial charge is 0.227 e. The molecular weight excluding hydrogens is 572 g/mol. The van der Waals surface area contributed by atoms with Gasteiger partial charge in [-0.25, -0.2) is 32.9 Å². The lowest BCUT2D eigenvalue weighted by Crippen LogP contribution is -2.26. The number of nitrogens with two attached hydrogens (primary N) is 1. The second-order valence-corrected chi connectivity index (χ2v) is 14.4. The van der Waals surface area contributed by atoms with Crippen molar-refractivity contribution in [2.45, 2.75) is 63.5 Å². The Kier molecular flexibility index (Phi) is 8.75. The van der Waals surface area contributed by atoms with Gasteiger partial charge in [0.15, 0.2) is 0 Å². The van der Waals surface area contributed by atoms with Gasteiger partial charge in [0.25, 0.3) is 0 Å². The molecule has 4 N–H and O–H groups in total. The Balaban J connectivity index is 1.51. The SMILES string of the molecule is CCC(c1cccc(-c2nc(C(C)(C)C)sc2-c2ccnc(Nc3ccc(C4CCNCC4)cc3)n2)c1F)S(N)(=O)=O. The predicted molar refractivity (Wildman–Crippen MR) is 168 cm³/mol. The first-order chi connectivity index (χ1) is 20.0. The fraction of sp³-hybridized carbons (Fsp3) is 0.387. The topological polar surface area (TPSA) is 123 Å². The van der Waals surface area contributed by atoms with Gasteiger partial charge in [-0.05, 0) is 68.1 Å². The number of primary sulfonamides is 1. The van der Waals surface area contributed by atoms with Gasteiger partial charge in [-0.3, -0.25) is 0 Å². The number of hydrogen-bond acceptors (Lipinski definition) is 8. The third kappa shape index (κ3) is 6.54. The number of aromatic nitrogens is 3. The molecule has 42 heavy (non-hydrogen) atoms. The largest absolute Gasteiger partial charge is 0.324 e. The summed E-state index contributed by atoms with van der Waals surface area (Å²) < 4.78 is 40.5. The van der Waals surface area contributed by atoms with Crippen molar-refractivity contribution in [3.8, 4) is 21.8 Å².